The summed E-state index contributed by atoms with van der Waals surface area (Å²) in [5, 5.41) is 0. The first kappa shape index (κ1) is 16.1. The third-order valence-corrected chi connectivity index (χ3v) is 4.60. The van der Waals surface area contributed by atoms with Gasteiger partial charge in [-0.05, 0) is 37.6 Å². The number of aryl methyl sites for hydroxylation is 1. The molecule has 1 aromatic heterocycles. The second kappa shape index (κ2) is 5.88. The van der Waals surface area contributed by atoms with Gasteiger partial charge in [0, 0.05) is 22.4 Å². The van der Waals surface area contributed by atoms with E-state index < -0.39 is 5.97 Å². The molecule has 130 valence electrons. The fraction of sp³-hybridized carbons (Fsp3) is 0.143. The zero-order valence-electron chi connectivity index (χ0n) is 14.6. The average Bonchev–Trinajstić information content (AvgIpc) is 3.13. The molecule has 1 aliphatic carbocycles. The van der Waals surface area contributed by atoms with E-state index in [9.17, 15) is 9.59 Å². The minimum absolute atomic E-state index is 0.114. The van der Waals surface area contributed by atoms with Gasteiger partial charge in [-0.25, -0.2) is 4.79 Å². The number of rotatable bonds is 3. The Balaban J connectivity index is 2.00. The summed E-state index contributed by atoms with van der Waals surface area (Å²) < 4.78 is 5.19. The van der Waals surface area contributed by atoms with Gasteiger partial charge in [-0.1, -0.05) is 29.8 Å². The van der Waals surface area contributed by atoms with Crippen LogP contribution in [0.2, 0.25) is 0 Å². The lowest BCUT2D eigenvalue weighted by Crippen LogP contribution is -2.08. The van der Waals surface area contributed by atoms with Crippen LogP contribution < -0.4 is 5.73 Å². The van der Waals surface area contributed by atoms with Gasteiger partial charge in [0.15, 0.2) is 5.78 Å². The standard InChI is InChI=1S/C21H18N2O3/c1-3-26-21(25)19-16(12-6-4-11(2)5-7-12)17-18(23-19)15-10-13(22)8-9-14(15)20(17)24/h4-10,23H,3,22H2,1-2H3. The number of carbonyl (C=O) groups excluding carboxylic acids is 2. The highest BCUT2D eigenvalue weighted by Gasteiger charge is 2.35. The summed E-state index contributed by atoms with van der Waals surface area (Å²) in [5.41, 5.74) is 11.7. The first-order valence-electron chi connectivity index (χ1n) is 8.46. The smallest absolute Gasteiger partial charge is 0.355 e. The van der Waals surface area contributed by atoms with Crippen LogP contribution in [0.5, 0.6) is 0 Å². The zero-order chi connectivity index (χ0) is 18.4. The minimum atomic E-state index is -0.476. The molecule has 0 bridgehead atoms. The molecule has 3 N–H and O–H groups in total. The van der Waals surface area contributed by atoms with Crippen LogP contribution in [-0.2, 0) is 4.74 Å². The van der Waals surface area contributed by atoms with Crippen molar-refractivity contribution in [2.75, 3.05) is 12.3 Å². The number of aromatic nitrogens is 1. The molecule has 2 aromatic carbocycles. The zero-order valence-corrected chi connectivity index (χ0v) is 14.6. The van der Waals surface area contributed by atoms with Crippen molar-refractivity contribution in [1.29, 1.82) is 0 Å². The molecule has 26 heavy (non-hydrogen) atoms. The summed E-state index contributed by atoms with van der Waals surface area (Å²) >= 11 is 0. The molecule has 0 unspecified atom stereocenters. The van der Waals surface area contributed by atoms with Gasteiger partial charge in [0.1, 0.15) is 5.69 Å². The number of aromatic amines is 1. The first-order chi connectivity index (χ1) is 12.5. The number of benzene rings is 2. The third kappa shape index (κ3) is 2.32. The summed E-state index contributed by atoms with van der Waals surface area (Å²) in [4.78, 5) is 28.7. The van der Waals surface area contributed by atoms with Gasteiger partial charge in [0.2, 0.25) is 0 Å². The Morgan fingerprint density at radius 3 is 2.50 bits per heavy atom. The Bertz CT molecular complexity index is 1050. The number of nitrogens with one attached hydrogen (secondary N) is 1. The van der Waals surface area contributed by atoms with Crippen molar-refractivity contribution in [3.8, 4) is 22.4 Å². The highest BCUT2D eigenvalue weighted by molar-refractivity contribution is 6.26. The monoisotopic (exact) mass is 346 g/mol. The van der Waals surface area contributed by atoms with E-state index in [-0.39, 0.29) is 12.4 Å². The molecule has 5 nitrogen and oxygen atoms in total. The lowest BCUT2D eigenvalue weighted by molar-refractivity contribution is 0.0521. The molecule has 4 rings (SSSR count). The van der Waals surface area contributed by atoms with Crippen molar-refractivity contribution >= 4 is 17.4 Å². The topological polar surface area (TPSA) is 85.2 Å². The molecule has 0 fully saturated rings. The highest BCUT2D eigenvalue weighted by Crippen LogP contribution is 2.44. The maximum absolute atomic E-state index is 13.0. The molecule has 0 aliphatic heterocycles. The van der Waals surface area contributed by atoms with Gasteiger partial charge in [-0.2, -0.15) is 0 Å². The summed E-state index contributed by atoms with van der Waals surface area (Å²) in [6.45, 7) is 4.00. The van der Waals surface area contributed by atoms with Gasteiger partial charge < -0.3 is 15.5 Å². The fourth-order valence-corrected chi connectivity index (χ4v) is 3.40. The van der Waals surface area contributed by atoms with Gasteiger partial charge in [0.25, 0.3) is 0 Å². The number of H-pyrrole nitrogens is 1. The predicted octanol–water partition coefficient (Wildman–Crippen LogP) is 3.96. The van der Waals surface area contributed by atoms with E-state index in [0.29, 0.717) is 39.3 Å². The number of anilines is 1. The quantitative estimate of drug-likeness (QED) is 0.434. The Morgan fingerprint density at radius 1 is 1.08 bits per heavy atom. The SMILES string of the molecule is CCOC(=O)c1[nH]c2c(c1-c1ccc(C)cc1)C(=O)c1ccc(N)cc1-2. The molecule has 0 saturated heterocycles. The molecule has 0 atom stereocenters. The van der Waals surface area contributed by atoms with Crippen LogP contribution in [0.3, 0.4) is 0 Å². The van der Waals surface area contributed by atoms with Crippen LogP contribution in [-0.4, -0.2) is 23.3 Å². The number of nitrogen functional groups attached to an aromatic ring is 1. The number of hydrogen-bond acceptors (Lipinski definition) is 4. The molecular formula is C21H18N2O3. The van der Waals surface area contributed by atoms with Crippen molar-refractivity contribution in [2.45, 2.75) is 13.8 Å². The maximum Gasteiger partial charge on any atom is 0.355 e. The van der Waals surface area contributed by atoms with Gasteiger partial charge in [0.05, 0.1) is 17.9 Å². The number of ether oxygens (including phenoxy) is 1. The molecular weight excluding hydrogens is 328 g/mol. The third-order valence-electron chi connectivity index (χ3n) is 4.60. The number of esters is 1. The van der Waals surface area contributed by atoms with Gasteiger partial charge in [-0.15, -0.1) is 0 Å². The van der Waals surface area contributed by atoms with E-state index in [1.54, 1.807) is 25.1 Å². The van der Waals surface area contributed by atoms with E-state index in [1.807, 2.05) is 31.2 Å². The largest absolute Gasteiger partial charge is 0.461 e. The second-order valence-electron chi connectivity index (χ2n) is 6.35. The normalized spacial score (nSPS) is 12.0. The number of fused-ring (bicyclic) bond motifs is 3. The molecule has 1 aliphatic rings. The minimum Gasteiger partial charge on any atom is -0.461 e. The molecule has 3 aromatic rings. The van der Waals surface area contributed by atoms with E-state index in [0.717, 1.165) is 11.1 Å². The van der Waals surface area contributed by atoms with Crippen LogP contribution in [0.1, 0.15) is 38.9 Å². The predicted molar refractivity (Wildman–Crippen MR) is 100 cm³/mol. The van der Waals surface area contributed by atoms with E-state index in [4.69, 9.17) is 10.5 Å². The Hall–Kier alpha value is -3.34. The fourth-order valence-electron chi connectivity index (χ4n) is 3.40. The Labute approximate surface area is 150 Å². The van der Waals surface area contributed by atoms with Crippen LogP contribution >= 0.6 is 0 Å². The lowest BCUT2D eigenvalue weighted by Gasteiger charge is -2.07. The van der Waals surface area contributed by atoms with E-state index in [2.05, 4.69) is 4.98 Å². The summed E-state index contributed by atoms with van der Waals surface area (Å²) in [5.74, 6) is -0.590. The van der Waals surface area contributed by atoms with Crippen LogP contribution in [0.15, 0.2) is 42.5 Å². The first-order valence-corrected chi connectivity index (χ1v) is 8.46. The Kier molecular flexibility index (Phi) is 3.65. The van der Waals surface area contributed by atoms with Crippen molar-refractivity contribution in [3.05, 3.63) is 64.8 Å². The number of nitrogens with two attached hydrogens (primary N) is 1. The summed E-state index contributed by atoms with van der Waals surface area (Å²) in [6.07, 6.45) is 0. The van der Waals surface area contributed by atoms with Crippen molar-refractivity contribution in [3.63, 3.8) is 0 Å². The summed E-state index contributed by atoms with van der Waals surface area (Å²) in [6, 6.07) is 12.9. The molecule has 0 saturated carbocycles. The van der Waals surface area contributed by atoms with E-state index >= 15 is 0 Å². The Morgan fingerprint density at radius 2 is 1.81 bits per heavy atom. The highest BCUT2D eigenvalue weighted by atomic mass is 16.5. The lowest BCUT2D eigenvalue weighted by atomic mass is 9.97. The van der Waals surface area contributed by atoms with Crippen LogP contribution in [0.4, 0.5) is 5.69 Å². The van der Waals surface area contributed by atoms with Crippen molar-refractivity contribution < 1.29 is 14.3 Å². The number of ketones is 1. The summed E-state index contributed by atoms with van der Waals surface area (Å²) in [7, 11) is 0. The van der Waals surface area contributed by atoms with Crippen molar-refractivity contribution in [1.82, 2.24) is 4.98 Å². The average molecular weight is 346 g/mol. The maximum atomic E-state index is 13.0. The number of carbonyl (C=O) groups is 2. The number of hydrogen-bond donors (Lipinski definition) is 2. The molecule has 0 spiro atoms. The van der Waals surface area contributed by atoms with Gasteiger partial charge in [-0.3, -0.25) is 4.79 Å². The van der Waals surface area contributed by atoms with Gasteiger partial charge >= 0.3 is 5.97 Å². The molecule has 0 radical (unpaired) electrons. The van der Waals surface area contributed by atoms with Crippen molar-refractivity contribution in [2.24, 2.45) is 0 Å². The molecule has 0 amide bonds. The molecule has 5 heteroatoms. The van der Waals surface area contributed by atoms with E-state index in [1.165, 1.54) is 0 Å². The van der Waals surface area contributed by atoms with Crippen LogP contribution in [0.25, 0.3) is 22.4 Å². The van der Waals surface area contributed by atoms with Crippen LogP contribution in [0, 0.1) is 6.92 Å². The molecule has 1 heterocycles. The second-order valence-corrected chi connectivity index (χ2v) is 6.35.